The molecule has 0 aromatic carbocycles. The molecule has 1 N–H and O–H groups in total. The smallest absolute Gasteiger partial charge is 0.186 e. The average molecular weight is 358 g/mol. The fraction of sp³-hybridized carbons (Fsp3) is 0.471. The number of ether oxygens (including phenoxy) is 1. The Balaban J connectivity index is 1.31. The van der Waals surface area contributed by atoms with Gasteiger partial charge in [0.2, 0.25) is 0 Å². The second kappa shape index (κ2) is 7.90. The number of morpholine rings is 1. The summed E-state index contributed by atoms with van der Waals surface area (Å²) < 4.78 is 7.18. The number of thiophene rings is 1. The Bertz CT molecular complexity index is 797. The number of aromatic nitrogens is 4. The van der Waals surface area contributed by atoms with E-state index >= 15 is 0 Å². The molecule has 0 bridgehead atoms. The van der Waals surface area contributed by atoms with Crippen molar-refractivity contribution in [2.24, 2.45) is 0 Å². The molecule has 0 amide bonds. The molecule has 0 aliphatic carbocycles. The average Bonchev–Trinajstić information content (AvgIpc) is 3.31. The van der Waals surface area contributed by atoms with Gasteiger partial charge < -0.3 is 10.1 Å². The molecule has 25 heavy (non-hydrogen) atoms. The molecule has 0 radical (unpaired) electrons. The van der Waals surface area contributed by atoms with Crippen LogP contribution in [0.3, 0.4) is 0 Å². The number of anilines is 1. The molecule has 3 aromatic heterocycles. The van der Waals surface area contributed by atoms with E-state index < -0.39 is 0 Å². The van der Waals surface area contributed by atoms with Gasteiger partial charge in [-0.2, -0.15) is 15.9 Å². The third-order valence-corrected chi connectivity index (χ3v) is 5.04. The van der Waals surface area contributed by atoms with Crippen LogP contribution in [0.2, 0.25) is 0 Å². The zero-order valence-electron chi connectivity index (χ0n) is 14.1. The van der Waals surface area contributed by atoms with Crippen LogP contribution in [0.15, 0.2) is 29.0 Å². The largest absolute Gasteiger partial charge is 0.379 e. The Morgan fingerprint density at radius 2 is 2.04 bits per heavy atom. The van der Waals surface area contributed by atoms with Crippen molar-refractivity contribution < 1.29 is 4.74 Å². The Morgan fingerprint density at radius 3 is 2.88 bits per heavy atom. The van der Waals surface area contributed by atoms with Gasteiger partial charge in [-0.25, -0.2) is 0 Å². The number of nitrogens with one attached hydrogen (secondary N) is 1. The van der Waals surface area contributed by atoms with Crippen LogP contribution >= 0.6 is 11.3 Å². The van der Waals surface area contributed by atoms with Crippen molar-refractivity contribution in [3.63, 3.8) is 0 Å². The summed E-state index contributed by atoms with van der Waals surface area (Å²) in [5.74, 6) is 1.64. The van der Waals surface area contributed by atoms with Gasteiger partial charge in [-0.15, -0.1) is 15.3 Å². The molecule has 1 saturated heterocycles. The Labute approximate surface area is 150 Å². The van der Waals surface area contributed by atoms with Crippen LogP contribution in [0, 0.1) is 0 Å². The molecule has 7 nitrogen and oxygen atoms in total. The van der Waals surface area contributed by atoms with Crippen molar-refractivity contribution in [2.45, 2.75) is 12.8 Å². The molecule has 0 atom stereocenters. The van der Waals surface area contributed by atoms with Crippen LogP contribution < -0.4 is 5.32 Å². The summed E-state index contributed by atoms with van der Waals surface area (Å²) >= 11 is 1.65. The molecule has 1 aliphatic heterocycles. The summed E-state index contributed by atoms with van der Waals surface area (Å²) in [5.41, 5.74) is 1.81. The minimum Gasteiger partial charge on any atom is -0.379 e. The van der Waals surface area contributed by atoms with Gasteiger partial charge in [0.15, 0.2) is 11.5 Å². The van der Waals surface area contributed by atoms with E-state index in [9.17, 15) is 0 Å². The highest BCUT2D eigenvalue weighted by atomic mass is 32.1. The van der Waals surface area contributed by atoms with Crippen LogP contribution in [-0.2, 0) is 4.74 Å². The molecule has 3 aromatic rings. The first-order valence-electron chi connectivity index (χ1n) is 8.69. The van der Waals surface area contributed by atoms with Gasteiger partial charge in [0.05, 0.1) is 13.2 Å². The summed E-state index contributed by atoms with van der Waals surface area (Å²) in [6.45, 7) is 5.92. The van der Waals surface area contributed by atoms with Gasteiger partial charge in [0, 0.05) is 30.6 Å². The van der Waals surface area contributed by atoms with E-state index in [0.29, 0.717) is 0 Å². The van der Waals surface area contributed by atoms with Gasteiger partial charge in [-0.05, 0) is 43.0 Å². The lowest BCUT2D eigenvalue weighted by atomic mass is 10.2. The van der Waals surface area contributed by atoms with Gasteiger partial charge >= 0.3 is 0 Å². The quantitative estimate of drug-likeness (QED) is 0.654. The van der Waals surface area contributed by atoms with Gasteiger partial charge in [-0.3, -0.25) is 4.90 Å². The number of rotatable bonds is 7. The normalized spacial score (nSPS) is 15.7. The zero-order valence-corrected chi connectivity index (χ0v) is 14.9. The molecule has 1 fully saturated rings. The van der Waals surface area contributed by atoms with Crippen molar-refractivity contribution in [1.82, 2.24) is 24.7 Å². The second-order valence-electron chi connectivity index (χ2n) is 6.11. The van der Waals surface area contributed by atoms with E-state index in [1.165, 1.54) is 6.42 Å². The first kappa shape index (κ1) is 16.4. The minimum atomic E-state index is 0.763. The highest BCUT2D eigenvalue weighted by molar-refractivity contribution is 7.08. The zero-order chi connectivity index (χ0) is 16.9. The molecular formula is C17H22N6OS. The highest BCUT2D eigenvalue weighted by Gasteiger charge is 2.11. The fourth-order valence-electron chi connectivity index (χ4n) is 2.96. The maximum Gasteiger partial charge on any atom is 0.186 e. The molecule has 4 heterocycles. The number of hydrogen-bond donors (Lipinski definition) is 1. The monoisotopic (exact) mass is 358 g/mol. The number of fused-ring (bicyclic) bond motifs is 1. The van der Waals surface area contributed by atoms with Gasteiger partial charge in [-0.1, -0.05) is 0 Å². The number of unbranched alkanes of at least 4 members (excludes halogenated alkanes) is 1. The molecule has 0 spiro atoms. The van der Waals surface area contributed by atoms with Crippen molar-refractivity contribution in [3.8, 4) is 11.4 Å². The predicted molar refractivity (Wildman–Crippen MR) is 99.1 cm³/mol. The molecule has 4 rings (SSSR count). The predicted octanol–water partition coefficient (Wildman–Crippen LogP) is 2.38. The first-order valence-corrected chi connectivity index (χ1v) is 9.63. The highest BCUT2D eigenvalue weighted by Crippen LogP contribution is 2.20. The molecule has 132 valence electrons. The van der Waals surface area contributed by atoms with E-state index in [1.54, 1.807) is 15.9 Å². The maximum atomic E-state index is 5.38. The third kappa shape index (κ3) is 3.97. The second-order valence-corrected chi connectivity index (χ2v) is 6.89. The van der Waals surface area contributed by atoms with Crippen LogP contribution in [0.5, 0.6) is 0 Å². The number of nitrogens with zero attached hydrogens (tertiary/aromatic N) is 5. The first-order chi connectivity index (χ1) is 12.4. The van der Waals surface area contributed by atoms with Crippen LogP contribution in [0.1, 0.15) is 12.8 Å². The van der Waals surface area contributed by atoms with Crippen LogP contribution in [0.4, 0.5) is 5.82 Å². The van der Waals surface area contributed by atoms with Crippen LogP contribution in [0.25, 0.3) is 17.0 Å². The van der Waals surface area contributed by atoms with Gasteiger partial charge in [0.25, 0.3) is 0 Å². The topological polar surface area (TPSA) is 67.6 Å². The fourth-order valence-corrected chi connectivity index (χ4v) is 3.59. The number of hydrogen-bond acceptors (Lipinski definition) is 7. The lowest BCUT2D eigenvalue weighted by molar-refractivity contribution is 0.0373. The Morgan fingerprint density at radius 1 is 1.12 bits per heavy atom. The Hall–Kier alpha value is -2.03. The van der Waals surface area contributed by atoms with E-state index in [2.05, 4.69) is 30.9 Å². The van der Waals surface area contributed by atoms with Crippen LogP contribution in [-0.4, -0.2) is 64.1 Å². The van der Waals surface area contributed by atoms with Crippen molar-refractivity contribution in [2.75, 3.05) is 44.7 Å². The molecule has 0 unspecified atom stereocenters. The summed E-state index contributed by atoms with van der Waals surface area (Å²) in [6.07, 6.45) is 2.30. The van der Waals surface area contributed by atoms with Crippen molar-refractivity contribution >= 4 is 22.8 Å². The van der Waals surface area contributed by atoms with E-state index in [0.717, 1.165) is 68.7 Å². The van der Waals surface area contributed by atoms with E-state index in [-0.39, 0.29) is 0 Å². The Kier molecular flexibility index (Phi) is 5.19. The summed E-state index contributed by atoms with van der Waals surface area (Å²) in [6, 6.07) is 5.95. The summed E-state index contributed by atoms with van der Waals surface area (Å²) in [5, 5.41) is 20.6. The van der Waals surface area contributed by atoms with E-state index in [1.807, 2.05) is 23.6 Å². The van der Waals surface area contributed by atoms with Gasteiger partial charge in [0.1, 0.15) is 5.82 Å². The van der Waals surface area contributed by atoms with E-state index in [4.69, 9.17) is 4.74 Å². The summed E-state index contributed by atoms with van der Waals surface area (Å²) in [4.78, 5) is 2.47. The molecule has 8 heteroatoms. The third-order valence-electron chi connectivity index (χ3n) is 4.35. The lowest BCUT2D eigenvalue weighted by Gasteiger charge is -2.26. The summed E-state index contributed by atoms with van der Waals surface area (Å²) in [7, 11) is 0. The SMILES string of the molecule is c1cc(-c2nnc3ccc(NCCCCN4CCOCC4)nn23)cs1. The van der Waals surface area contributed by atoms with Crippen molar-refractivity contribution in [1.29, 1.82) is 0 Å². The standard InChI is InChI=1S/C17H22N6OS/c1(2-7-22-8-10-24-11-9-22)6-18-15-3-4-16-19-20-17(23(16)21-15)14-5-12-25-13-14/h3-5,12-13H,1-2,6-11H2,(H,18,21). The minimum absolute atomic E-state index is 0.763. The maximum absolute atomic E-state index is 5.38. The lowest BCUT2D eigenvalue weighted by Crippen LogP contribution is -2.36. The molecular weight excluding hydrogens is 336 g/mol. The molecule has 1 aliphatic rings. The van der Waals surface area contributed by atoms with Crippen molar-refractivity contribution in [3.05, 3.63) is 29.0 Å². The molecule has 0 saturated carbocycles.